The number of carbonyl (C=O) groups is 1. The first-order valence-corrected chi connectivity index (χ1v) is 9.25. The number of nitrogens with zero attached hydrogens (tertiary/aromatic N) is 4. The van der Waals surface area contributed by atoms with Crippen LogP contribution in [0, 0.1) is 17.5 Å². The monoisotopic (exact) mass is 463 g/mol. The molecule has 0 fully saturated rings. The van der Waals surface area contributed by atoms with Crippen LogP contribution in [-0.2, 0) is 6.42 Å². The summed E-state index contributed by atoms with van der Waals surface area (Å²) in [6.07, 6.45) is -1.64. The van der Waals surface area contributed by atoms with Gasteiger partial charge in [-0.15, -0.1) is 0 Å². The molecule has 2 aromatic heterocycles. The van der Waals surface area contributed by atoms with Gasteiger partial charge in [-0.2, -0.15) is 19.7 Å². The number of nitrogens with two attached hydrogens (primary N) is 2. The van der Waals surface area contributed by atoms with Crippen molar-refractivity contribution < 1.29 is 23.1 Å². The fourth-order valence-electron chi connectivity index (χ4n) is 3.17. The zero-order chi connectivity index (χ0) is 23.2. The molecule has 0 saturated heterocycles. The Bertz CT molecular complexity index is 1370. The molecule has 0 spiro atoms. The second kappa shape index (κ2) is 7.89. The maximum absolute atomic E-state index is 14.4. The summed E-state index contributed by atoms with van der Waals surface area (Å²) in [7, 11) is 0. The minimum Gasteiger partial charge on any atom is -0.465 e. The molecule has 9 nitrogen and oxygen atoms in total. The second-order valence-corrected chi connectivity index (χ2v) is 7.06. The molecule has 0 bridgehead atoms. The van der Waals surface area contributed by atoms with Crippen molar-refractivity contribution in [2.24, 2.45) is 0 Å². The summed E-state index contributed by atoms with van der Waals surface area (Å²) in [5.74, 6) is -2.85. The Morgan fingerprint density at radius 1 is 1.09 bits per heavy atom. The lowest BCUT2D eigenvalue weighted by Gasteiger charge is -2.10. The van der Waals surface area contributed by atoms with Crippen LogP contribution >= 0.6 is 11.6 Å². The summed E-state index contributed by atoms with van der Waals surface area (Å²) >= 11 is 5.72. The number of hydrogen-bond donors (Lipinski definition) is 4. The number of benzene rings is 2. The van der Waals surface area contributed by atoms with E-state index in [0.29, 0.717) is 5.52 Å². The molecule has 6 N–H and O–H groups in total. The van der Waals surface area contributed by atoms with E-state index in [2.05, 4.69) is 15.1 Å². The van der Waals surface area contributed by atoms with Gasteiger partial charge in [-0.3, -0.25) is 5.32 Å². The van der Waals surface area contributed by atoms with Gasteiger partial charge >= 0.3 is 6.09 Å². The second-order valence-electron chi connectivity index (χ2n) is 6.66. The Kier molecular flexibility index (Phi) is 5.22. The van der Waals surface area contributed by atoms with Gasteiger partial charge in [-0.1, -0.05) is 11.6 Å². The van der Waals surface area contributed by atoms with E-state index in [1.54, 1.807) is 0 Å². The van der Waals surface area contributed by atoms with Crippen molar-refractivity contribution in [2.45, 2.75) is 6.42 Å². The summed E-state index contributed by atoms with van der Waals surface area (Å²) < 4.78 is 43.3. The van der Waals surface area contributed by atoms with Gasteiger partial charge in [0.2, 0.25) is 0 Å². The van der Waals surface area contributed by atoms with Gasteiger partial charge in [-0.05, 0) is 35.9 Å². The van der Waals surface area contributed by atoms with Gasteiger partial charge in [0.1, 0.15) is 23.1 Å². The predicted octanol–water partition coefficient (Wildman–Crippen LogP) is 3.73. The molecule has 0 aliphatic heterocycles. The van der Waals surface area contributed by atoms with E-state index in [1.807, 2.05) is 5.32 Å². The lowest BCUT2D eigenvalue weighted by atomic mass is 10.1. The van der Waals surface area contributed by atoms with Gasteiger partial charge in [0.05, 0.1) is 16.2 Å². The van der Waals surface area contributed by atoms with Crippen molar-refractivity contribution >= 4 is 45.9 Å². The summed E-state index contributed by atoms with van der Waals surface area (Å²) in [6.45, 7) is 0. The predicted molar refractivity (Wildman–Crippen MR) is 111 cm³/mol. The molecule has 0 aliphatic carbocycles. The molecular formula is C19H13ClF3N7O2. The zero-order valence-corrected chi connectivity index (χ0v) is 16.7. The van der Waals surface area contributed by atoms with E-state index in [-0.39, 0.29) is 46.3 Å². The third-order valence-electron chi connectivity index (χ3n) is 4.52. The van der Waals surface area contributed by atoms with Crippen molar-refractivity contribution in [1.29, 1.82) is 0 Å². The molecule has 1 amide bonds. The number of carboxylic acid groups (broad SMARTS) is 1. The molecule has 0 saturated carbocycles. The minimum absolute atomic E-state index is 0.0910. The first-order chi connectivity index (χ1) is 15.1. The first kappa shape index (κ1) is 21.2. The normalized spacial score (nSPS) is 11.1. The Morgan fingerprint density at radius 2 is 1.78 bits per heavy atom. The topological polar surface area (TPSA) is 145 Å². The molecule has 4 aromatic rings. The van der Waals surface area contributed by atoms with Crippen LogP contribution in [0.5, 0.6) is 0 Å². The average molecular weight is 464 g/mol. The smallest absolute Gasteiger partial charge is 0.409 e. The Balaban J connectivity index is 1.87. The molecule has 164 valence electrons. The molecule has 32 heavy (non-hydrogen) atoms. The number of anilines is 3. The number of aromatic nitrogens is 4. The molecule has 2 heterocycles. The van der Waals surface area contributed by atoms with Crippen LogP contribution in [0.25, 0.3) is 16.9 Å². The molecule has 0 aliphatic rings. The molecule has 13 heteroatoms. The molecule has 0 atom stereocenters. The summed E-state index contributed by atoms with van der Waals surface area (Å²) in [5.41, 5.74) is 11.8. The molecule has 4 rings (SSSR count). The van der Waals surface area contributed by atoms with Crippen molar-refractivity contribution in [3.8, 4) is 5.95 Å². The van der Waals surface area contributed by atoms with E-state index >= 15 is 0 Å². The van der Waals surface area contributed by atoms with Gasteiger partial charge in [0.25, 0.3) is 5.95 Å². The van der Waals surface area contributed by atoms with E-state index < -0.39 is 28.6 Å². The van der Waals surface area contributed by atoms with Crippen LogP contribution in [-0.4, -0.2) is 30.9 Å². The summed E-state index contributed by atoms with van der Waals surface area (Å²) in [4.78, 5) is 18.9. The van der Waals surface area contributed by atoms with Crippen LogP contribution in [0.15, 0.2) is 30.3 Å². The van der Waals surface area contributed by atoms with Crippen molar-refractivity contribution in [2.75, 3.05) is 16.8 Å². The number of halogens is 4. The SMILES string of the molecule is Nc1nc(-n2nc(Cc3cc(F)cc(Cl)c3F)c3cc(F)ccc32)nc(N)c1NC(=O)O. The number of nitrogens with one attached hydrogen (secondary N) is 1. The Morgan fingerprint density at radius 3 is 2.44 bits per heavy atom. The number of rotatable bonds is 4. The summed E-state index contributed by atoms with van der Waals surface area (Å²) in [6, 6.07) is 5.51. The van der Waals surface area contributed by atoms with Gasteiger partial charge in [0.15, 0.2) is 11.6 Å². The van der Waals surface area contributed by atoms with Crippen molar-refractivity contribution in [1.82, 2.24) is 19.7 Å². The maximum Gasteiger partial charge on any atom is 0.409 e. The fourth-order valence-corrected chi connectivity index (χ4v) is 3.39. The third-order valence-corrected chi connectivity index (χ3v) is 4.79. The van der Waals surface area contributed by atoms with Gasteiger partial charge < -0.3 is 16.6 Å². The van der Waals surface area contributed by atoms with Crippen LogP contribution < -0.4 is 16.8 Å². The molecule has 0 unspecified atom stereocenters. The maximum atomic E-state index is 14.4. The number of nitrogen functional groups attached to an aromatic ring is 2. The summed E-state index contributed by atoms with van der Waals surface area (Å²) in [5, 5.41) is 15.1. The number of amides is 1. The Hall–Kier alpha value is -4.06. The third kappa shape index (κ3) is 3.83. The largest absolute Gasteiger partial charge is 0.465 e. The lowest BCUT2D eigenvalue weighted by molar-refractivity contribution is 0.209. The van der Waals surface area contributed by atoms with Crippen LogP contribution in [0.4, 0.5) is 35.3 Å². The number of hydrogen-bond acceptors (Lipinski definition) is 6. The minimum atomic E-state index is -1.42. The van der Waals surface area contributed by atoms with E-state index in [4.69, 9.17) is 28.2 Å². The molecule has 0 radical (unpaired) electrons. The Labute approximate surface area is 182 Å². The highest BCUT2D eigenvalue weighted by molar-refractivity contribution is 6.30. The highest BCUT2D eigenvalue weighted by Crippen LogP contribution is 2.29. The zero-order valence-electron chi connectivity index (χ0n) is 15.9. The first-order valence-electron chi connectivity index (χ1n) is 8.88. The highest BCUT2D eigenvalue weighted by Gasteiger charge is 2.20. The van der Waals surface area contributed by atoms with Crippen LogP contribution in [0.2, 0.25) is 5.02 Å². The average Bonchev–Trinajstić information content (AvgIpc) is 3.05. The highest BCUT2D eigenvalue weighted by atomic mass is 35.5. The van der Waals surface area contributed by atoms with Crippen molar-refractivity contribution in [3.05, 3.63) is 64.1 Å². The van der Waals surface area contributed by atoms with Crippen molar-refractivity contribution in [3.63, 3.8) is 0 Å². The van der Waals surface area contributed by atoms with Gasteiger partial charge in [0, 0.05) is 11.8 Å². The fraction of sp³-hybridized carbons (Fsp3) is 0.0526. The molecular weight excluding hydrogens is 451 g/mol. The van der Waals surface area contributed by atoms with E-state index in [9.17, 15) is 18.0 Å². The van der Waals surface area contributed by atoms with Crippen LogP contribution in [0.1, 0.15) is 11.3 Å². The number of fused-ring (bicyclic) bond motifs is 1. The van der Waals surface area contributed by atoms with E-state index in [0.717, 1.165) is 18.2 Å². The standard InChI is InChI=1S/C19H13ClF3N7O2/c20-11-6-9(22)3-7(14(11)23)4-12-10-5-8(21)1-2-13(10)30(29-12)18-27-16(24)15(17(25)28-18)26-19(31)32/h1-3,5-6,26H,4H2,(H,31,32)(H4,24,25,27,28). The van der Waals surface area contributed by atoms with Crippen LogP contribution in [0.3, 0.4) is 0 Å². The van der Waals surface area contributed by atoms with Gasteiger partial charge in [-0.25, -0.2) is 18.0 Å². The van der Waals surface area contributed by atoms with E-state index in [1.165, 1.54) is 16.8 Å². The molecule has 2 aromatic carbocycles. The quantitative estimate of drug-likeness (QED) is 0.337. The lowest BCUT2D eigenvalue weighted by Crippen LogP contribution is -2.16.